The molecule has 0 unspecified atom stereocenters. The largest absolute Gasteiger partial charge is 0.490 e. The maximum Gasteiger partial charge on any atom is 0.387 e. The van der Waals surface area contributed by atoms with Crippen molar-refractivity contribution in [1.29, 1.82) is 0 Å². The highest BCUT2D eigenvalue weighted by Crippen LogP contribution is 2.33. The molecule has 0 radical (unpaired) electrons. The first-order valence-corrected chi connectivity index (χ1v) is 5.59. The molecule has 0 aliphatic carbocycles. The predicted molar refractivity (Wildman–Crippen MR) is 63.3 cm³/mol. The zero-order valence-corrected chi connectivity index (χ0v) is 10.6. The van der Waals surface area contributed by atoms with Crippen molar-refractivity contribution in [2.24, 2.45) is 0 Å². The second-order valence-corrected chi connectivity index (χ2v) is 4.31. The van der Waals surface area contributed by atoms with Crippen molar-refractivity contribution in [2.75, 3.05) is 6.61 Å². The van der Waals surface area contributed by atoms with Crippen molar-refractivity contribution in [1.82, 2.24) is 0 Å². The van der Waals surface area contributed by atoms with Gasteiger partial charge in [-0.25, -0.2) is 0 Å². The van der Waals surface area contributed by atoms with Gasteiger partial charge in [0, 0.05) is 5.41 Å². The normalized spacial score (nSPS) is 11.4. The third-order valence-electron chi connectivity index (χ3n) is 2.50. The highest BCUT2D eigenvalue weighted by molar-refractivity contribution is 5.68. The van der Waals surface area contributed by atoms with E-state index < -0.39 is 12.0 Å². The summed E-state index contributed by atoms with van der Waals surface area (Å²) in [5.41, 5.74) is -0.0163. The van der Waals surface area contributed by atoms with E-state index >= 15 is 0 Å². The molecule has 0 aliphatic rings. The zero-order chi connectivity index (χ0) is 13.8. The molecule has 1 rings (SSSR count). The fourth-order valence-electron chi connectivity index (χ4n) is 1.44. The number of ether oxygens (including phenoxy) is 2. The summed E-state index contributed by atoms with van der Waals surface area (Å²) < 4.78 is 34.0. The van der Waals surface area contributed by atoms with Gasteiger partial charge in [0.25, 0.3) is 0 Å². The summed E-state index contributed by atoms with van der Waals surface area (Å²) in [4.78, 5) is 11.0. The molecular formula is C13H16F2O3. The first-order chi connectivity index (χ1) is 8.40. The standard InChI is InChI=1S/C13H16F2O3/c1-4-17-11-7-9(13(2,3)8-16)5-6-10(11)18-12(14)15/h5-8,12H,4H2,1-3H3. The minimum atomic E-state index is -2.91. The van der Waals surface area contributed by atoms with Crippen molar-refractivity contribution in [3.05, 3.63) is 23.8 Å². The summed E-state index contributed by atoms with van der Waals surface area (Å²) in [6.45, 7) is 2.63. The molecule has 3 nitrogen and oxygen atoms in total. The van der Waals surface area contributed by atoms with Gasteiger partial charge in [-0.1, -0.05) is 6.07 Å². The molecular weight excluding hydrogens is 242 g/mol. The van der Waals surface area contributed by atoms with Gasteiger partial charge in [-0.3, -0.25) is 0 Å². The SMILES string of the molecule is CCOc1cc(C(C)(C)C=O)ccc1OC(F)F. The maximum atomic E-state index is 12.2. The maximum absolute atomic E-state index is 12.2. The van der Waals surface area contributed by atoms with Crippen LogP contribution in [0.1, 0.15) is 26.3 Å². The van der Waals surface area contributed by atoms with Crippen LogP contribution in [0.2, 0.25) is 0 Å². The second-order valence-electron chi connectivity index (χ2n) is 4.31. The van der Waals surface area contributed by atoms with Gasteiger partial charge in [-0.2, -0.15) is 8.78 Å². The summed E-state index contributed by atoms with van der Waals surface area (Å²) in [6.07, 6.45) is 0.797. The summed E-state index contributed by atoms with van der Waals surface area (Å²) >= 11 is 0. The van der Waals surface area contributed by atoms with Gasteiger partial charge < -0.3 is 14.3 Å². The Morgan fingerprint density at radius 3 is 2.50 bits per heavy atom. The molecule has 0 saturated heterocycles. The van der Waals surface area contributed by atoms with Crippen molar-refractivity contribution >= 4 is 6.29 Å². The van der Waals surface area contributed by atoms with Gasteiger partial charge in [0.2, 0.25) is 0 Å². The van der Waals surface area contributed by atoms with Crippen LogP contribution in [0.4, 0.5) is 8.78 Å². The molecule has 0 spiro atoms. The predicted octanol–water partition coefficient (Wildman–Crippen LogP) is 3.16. The van der Waals surface area contributed by atoms with Gasteiger partial charge in [-0.05, 0) is 38.5 Å². The Kier molecular flexibility index (Phi) is 4.64. The van der Waals surface area contributed by atoms with Crippen molar-refractivity contribution in [2.45, 2.75) is 32.8 Å². The van der Waals surface area contributed by atoms with E-state index in [4.69, 9.17) is 4.74 Å². The van der Waals surface area contributed by atoms with Crippen LogP contribution in [0.3, 0.4) is 0 Å². The molecule has 0 N–H and O–H groups in total. The van der Waals surface area contributed by atoms with Crippen molar-refractivity contribution in [3.63, 3.8) is 0 Å². The lowest BCUT2D eigenvalue weighted by molar-refractivity contribution is -0.111. The third-order valence-corrected chi connectivity index (χ3v) is 2.50. The fraction of sp³-hybridized carbons (Fsp3) is 0.462. The number of alkyl halides is 2. The van der Waals surface area contributed by atoms with Crippen LogP contribution in [-0.4, -0.2) is 19.5 Å². The molecule has 5 heteroatoms. The number of rotatable bonds is 6. The van der Waals surface area contributed by atoms with Crippen LogP contribution in [0.25, 0.3) is 0 Å². The molecule has 0 aromatic heterocycles. The third kappa shape index (κ3) is 3.42. The molecule has 0 bridgehead atoms. The smallest absolute Gasteiger partial charge is 0.387 e. The Hall–Kier alpha value is -1.65. The number of hydrogen-bond donors (Lipinski definition) is 0. The molecule has 0 amide bonds. The number of hydrogen-bond acceptors (Lipinski definition) is 3. The minimum absolute atomic E-state index is 0.0303. The molecule has 1 aromatic rings. The summed E-state index contributed by atoms with van der Waals surface area (Å²) in [5, 5.41) is 0. The quantitative estimate of drug-likeness (QED) is 0.735. The minimum Gasteiger partial charge on any atom is -0.490 e. The molecule has 100 valence electrons. The first-order valence-electron chi connectivity index (χ1n) is 5.59. The average molecular weight is 258 g/mol. The van der Waals surface area contributed by atoms with E-state index in [1.54, 1.807) is 32.9 Å². The number of halogens is 2. The Morgan fingerprint density at radius 2 is 2.00 bits per heavy atom. The van der Waals surface area contributed by atoms with Crippen LogP contribution in [0.15, 0.2) is 18.2 Å². The molecule has 1 aromatic carbocycles. The van der Waals surface area contributed by atoms with E-state index in [1.165, 1.54) is 6.07 Å². The Labute approximate surface area is 105 Å². The van der Waals surface area contributed by atoms with E-state index in [-0.39, 0.29) is 11.5 Å². The van der Waals surface area contributed by atoms with E-state index in [0.717, 1.165) is 6.29 Å². The molecule has 0 fully saturated rings. The highest BCUT2D eigenvalue weighted by atomic mass is 19.3. The topological polar surface area (TPSA) is 35.5 Å². The van der Waals surface area contributed by atoms with Crippen LogP contribution in [0.5, 0.6) is 11.5 Å². The first kappa shape index (κ1) is 14.4. The van der Waals surface area contributed by atoms with Crippen LogP contribution in [-0.2, 0) is 10.2 Å². The van der Waals surface area contributed by atoms with Gasteiger partial charge in [0.1, 0.15) is 6.29 Å². The monoisotopic (exact) mass is 258 g/mol. The summed E-state index contributed by atoms with van der Waals surface area (Å²) in [5.74, 6) is 0.183. The van der Waals surface area contributed by atoms with E-state index in [2.05, 4.69) is 4.74 Å². The van der Waals surface area contributed by atoms with Crippen molar-refractivity contribution in [3.8, 4) is 11.5 Å². The lowest BCUT2D eigenvalue weighted by Gasteiger charge is -2.20. The van der Waals surface area contributed by atoms with Gasteiger partial charge >= 0.3 is 6.61 Å². The Bertz CT molecular complexity index is 417. The molecule has 0 atom stereocenters. The summed E-state index contributed by atoms with van der Waals surface area (Å²) in [7, 11) is 0. The van der Waals surface area contributed by atoms with Gasteiger partial charge in [-0.15, -0.1) is 0 Å². The van der Waals surface area contributed by atoms with Gasteiger partial charge in [0.15, 0.2) is 11.5 Å². The average Bonchev–Trinajstić information content (AvgIpc) is 2.31. The van der Waals surface area contributed by atoms with Crippen molar-refractivity contribution < 1.29 is 23.0 Å². The number of aldehydes is 1. The molecule has 0 aliphatic heterocycles. The van der Waals surface area contributed by atoms with Crippen LogP contribution < -0.4 is 9.47 Å². The molecule has 0 heterocycles. The highest BCUT2D eigenvalue weighted by Gasteiger charge is 2.22. The Balaban J connectivity index is 3.14. The number of benzene rings is 1. The Morgan fingerprint density at radius 1 is 1.33 bits per heavy atom. The van der Waals surface area contributed by atoms with E-state index in [0.29, 0.717) is 12.2 Å². The zero-order valence-electron chi connectivity index (χ0n) is 10.6. The van der Waals surface area contributed by atoms with E-state index in [1.807, 2.05) is 0 Å². The van der Waals surface area contributed by atoms with Crippen LogP contribution in [0, 0.1) is 0 Å². The molecule has 18 heavy (non-hydrogen) atoms. The lowest BCUT2D eigenvalue weighted by Crippen LogP contribution is -2.18. The molecule has 0 saturated carbocycles. The second kappa shape index (κ2) is 5.80. The fourth-order valence-corrected chi connectivity index (χ4v) is 1.44. The summed E-state index contributed by atoms with van der Waals surface area (Å²) in [6, 6.07) is 4.52. The van der Waals surface area contributed by atoms with Gasteiger partial charge in [0.05, 0.1) is 6.61 Å². The number of carbonyl (C=O) groups excluding carboxylic acids is 1. The van der Waals surface area contributed by atoms with E-state index in [9.17, 15) is 13.6 Å². The van der Waals surface area contributed by atoms with Crippen LogP contribution >= 0.6 is 0 Å². The lowest BCUT2D eigenvalue weighted by atomic mass is 9.86. The number of carbonyl (C=O) groups is 1.